The topological polar surface area (TPSA) is 64.7 Å². The molecule has 1 atom stereocenters. The molecule has 6 nitrogen and oxygen atoms in total. The number of amides is 2. The molecule has 2 saturated heterocycles. The molecule has 28 heavy (non-hydrogen) atoms. The van der Waals surface area contributed by atoms with Gasteiger partial charge in [0.25, 0.3) is 5.91 Å². The van der Waals surface area contributed by atoms with Crippen LogP contribution in [0.5, 0.6) is 0 Å². The van der Waals surface area contributed by atoms with E-state index < -0.39 is 0 Å². The molecule has 1 unspecified atom stereocenters. The Morgan fingerprint density at radius 1 is 1.11 bits per heavy atom. The highest BCUT2D eigenvalue weighted by Crippen LogP contribution is 2.20. The van der Waals surface area contributed by atoms with Crippen LogP contribution in [0.4, 0.5) is 0 Å². The minimum Gasteiger partial charge on any atom is -0.355 e. The first kappa shape index (κ1) is 22.7. The van der Waals surface area contributed by atoms with E-state index >= 15 is 0 Å². The van der Waals surface area contributed by atoms with Gasteiger partial charge in [-0.3, -0.25) is 14.5 Å². The third kappa shape index (κ3) is 6.19. The molecule has 2 fully saturated rings. The number of carbonyl (C=O) groups excluding carboxylic acids is 2. The summed E-state index contributed by atoms with van der Waals surface area (Å²) in [6.45, 7) is 11.0. The first-order valence-corrected chi connectivity index (χ1v) is 10.1. The molecule has 3 rings (SSSR count). The number of halogens is 1. The van der Waals surface area contributed by atoms with E-state index in [4.69, 9.17) is 0 Å². The van der Waals surface area contributed by atoms with Crippen molar-refractivity contribution in [3.8, 4) is 0 Å². The van der Waals surface area contributed by atoms with Crippen LogP contribution in [0.15, 0.2) is 18.2 Å². The summed E-state index contributed by atoms with van der Waals surface area (Å²) in [5.74, 6) is 0.0276. The molecule has 0 saturated carbocycles. The Labute approximate surface area is 174 Å². The fourth-order valence-electron chi connectivity index (χ4n) is 4.07. The summed E-state index contributed by atoms with van der Waals surface area (Å²) in [6.07, 6.45) is 1.74. The van der Waals surface area contributed by atoms with Gasteiger partial charge in [-0.05, 0) is 38.8 Å². The summed E-state index contributed by atoms with van der Waals surface area (Å²) in [5.41, 5.74) is 2.92. The van der Waals surface area contributed by atoms with Crippen LogP contribution < -0.4 is 10.6 Å². The van der Waals surface area contributed by atoms with Crippen LogP contribution in [0.2, 0.25) is 0 Å². The number of aryl methyl sites for hydroxylation is 2. The number of piperidine rings is 1. The minimum absolute atomic E-state index is 0. The maximum Gasteiger partial charge on any atom is 0.253 e. The highest BCUT2D eigenvalue weighted by atomic mass is 35.5. The minimum atomic E-state index is -0.100. The number of benzene rings is 1. The normalized spacial score (nSPS) is 20.4. The Kier molecular flexibility index (Phi) is 8.73. The monoisotopic (exact) mass is 408 g/mol. The van der Waals surface area contributed by atoms with Gasteiger partial charge in [0.2, 0.25) is 5.91 Å². The highest BCUT2D eigenvalue weighted by Gasteiger charge is 2.29. The van der Waals surface area contributed by atoms with Crippen LogP contribution in [0, 0.1) is 19.8 Å². The zero-order valence-electron chi connectivity index (χ0n) is 17.0. The van der Waals surface area contributed by atoms with Crippen LogP contribution >= 0.6 is 12.4 Å². The summed E-state index contributed by atoms with van der Waals surface area (Å²) in [6, 6.07) is 5.95. The van der Waals surface area contributed by atoms with Crippen LogP contribution in [0.1, 0.15) is 34.3 Å². The Hall–Kier alpha value is -1.63. The largest absolute Gasteiger partial charge is 0.355 e. The van der Waals surface area contributed by atoms with E-state index in [0.717, 1.165) is 68.8 Å². The Balaban J connectivity index is 0.00000280. The molecule has 2 aliphatic rings. The summed E-state index contributed by atoms with van der Waals surface area (Å²) in [7, 11) is 0. The van der Waals surface area contributed by atoms with Gasteiger partial charge >= 0.3 is 0 Å². The van der Waals surface area contributed by atoms with Gasteiger partial charge in [0.05, 0.1) is 5.92 Å². The molecule has 1 aromatic rings. The standard InChI is InChI=1S/C21H32N4O2.ClH/c1-16-12-17(2)14-19(13-16)21(27)25-8-3-4-18(15-25)20(26)23-7-11-24-9-5-22-6-10-24;/h12-14,18,22H,3-11,15H2,1-2H3,(H,23,26);1H. The average Bonchev–Trinajstić information content (AvgIpc) is 2.67. The maximum absolute atomic E-state index is 12.9. The molecule has 2 N–H and O–H groups in total. The molecule has 2 aliphatic heterocycles. The van der Waals surface area contributed by atoms with E-state index in [1.807, 2.05) is 30.9 Å². The van der Waals surface area contributed by atoms with Crippen LogP contribution in [-0.2, 0) is 4.79 Å². The molecule has 0 aromatic heterocycles. The summed E-state index contributed by atoms with van der Waals surface area (Å²) < 4.78 is 0. The molecule has 1 aromatic carbocycles. The van der Waals surface area contributed by atoms with Gasteiger partial charge in [-0.15, -0.1) is 12.4 Å². The van der Waals surface area contributed by atoms with E-state index in [0.29, 0.717) is 13.1 Å². The lowest BCUT2D eigenvalue weighted by Crippen LogP contribution is -2.48. The van der Waals surface area contributed by atoms with Crippen molar-refractivity contribution >= 4 is 24.2 Å². The molecule has 156 valence electrons. The van der Waals surface area contributed by atoms with Crippen molar-refractivity contribution in [2.75, 3.05) is 52.4 Å². The van der Waals surface area contributed by atoms with Gasteiger partial charge in [0.15, 0.2) is 0 Å². The lowest BCUT2D eigenvalue weighted by atomic mass is 9.96. The molecule has 0 bridgehead atoms. The van der Waals surface area contributed by atoms with Crippen LogP contribution in [0.3, 0.4) is 0 Å². The molecule has 2 heterocycles. The first-order chi connectivity index (χ1) is 13.0. The summed E-state index contributed by atoms with van der Waals surface area (Å²) >= 11 is 0. The second-order valence-electron chi connectivity index (χ2n) is 7.85. The number of carbonyl (C=O) groups is 2. The highest BCUT2D eigenvalue weighted by molar-refractivity contribution is 5.95. The third-order valence-corrected chi connectivity index (χ3v) is 5.48. The van der Waals surface area contributed by atoms with Crippen molar-refractivity contribution in [2.45, 2.75) is 26.7 Å². The zero-order valence-corrected chi connectivity index (χ0v) is 17.8. The van der Waals surface area contributed by atoms with Crippen molar-refractivity contribution in [3.05, 3.63) is 34.9 Å². The fourth-order valence-corrected chi connectivity index (χ4v) is 4.07. The van der Waals surface area contributed by atoms with E-state index in [1.54, 1.807) is 0 Å². The SMILES string of the molecule is Cc1cc(C)cc(C(=O)N2CCCC(C(=O)NCCN3CCNCC3)C2)c1.Cl. The molecule has 2 amide bonds. The Morgan fingerprint density at radius 2 is 1.79 bits per heavy atom. The van der Waals surface area contributed by atoms with Crippen molar-refractivity contribution in [1.82, 2.24) is 20.4 Å². The van der Waals surface area contributed by atoms with Gasteiger partial charge in [-0.1, -0.05) is 17.2 Å². The fraction of sp³-hybridized carbons (Fsp3) is 0.619. The predicted molar refractivity (Wildman–Crippen MR) is 114 cm³/mol. The number of nitrogens with zero attached hydrogens (tertiary/aromatic N) is 2. The number of piperazine rings is 1. The van der Waals surface area contributed by atoms with Gasteiger partial charge in [-0.25, -0.2) is 0 Å². The van der Waals surface area contributed by atoms with E-state index in [-0.39, 0.29) is 30.1 Å². The predicted octanol–water partition coefficient (Wildman–Crippen LogP) is 1.60. The lowest BCUT2D eigenvalue weighted by molar-refractivity contribution is -0.126. The molecule has 0 spiro atoms. The maximum atomic E-state index is 12.9. The summed E-state index contributed by atoms with van der Waals surface area (Å²) in [5, 5.41) is 6.41. The molecule has 0 radical (unpaired) electrons. The summed E-state index contributed by atoms with van der Waals surface area (Å²) in [4.78, 5) is 29.7. The number of hydrogen-bond acceptors (Lipinski definition) is 4. The average molecular weight is 409 g/mol. The van der Waals surface area contributed by atoms with E-state index in [9.17, 15) is 9.59 Å². The quantitative estimate of drug-likeness (QED) is 0.776. The van der Waals surface area contributed by atoms with Crippen LogP contribution in [0.25, 0.3) is 0 Å². The Morgan fingerprint density at radius 3 is 2.46 bits per heavy atom. The lowest BCUT2D eigenvalue weighted by Gasteiger charge is -2.32. The number of rotatable bonds is 5. The van der Waals surface area contributed by atoms with Gasteiger partial charge in [0, 0.05) is 57.9 Å². The molecule has 0 aliphatic carbocycles. The molecular formula is C21H33ClN4O2. The van der Waals surface area contributed by atoms with Crippen molar-refractivity contribution in [3.63, 3.8) is 0 Å². The van der Waals surface area contributed by atoms with Gasteiger partial charge in [-0.2, -0.15) is 0 Å². The molecule has 7 heteroatoms. The smallest absolute Gasteiger partial charge is 0.253 e. The van der Waals surface area contributed by atoms with Crippen LogP contribution in [-0.4, -0.2) is 74.0 Å². The third-order valence-electron chi connectivity index (χ3n) is 5.48. The van der Waals surface area contributed by atoms with Gasteiger partial charge < -0.3 is 15.5 Å². The zero-order chi connectivity index (χ0) is 19.2. The van der Waals surface area contributed by atoms with E-state index in [2.05, 4.69) is 21.6 Å². The molecular weight excluding hydrogens is 376 g/mol. The van der Waals surface area contributed by atoms with E-state index in [1.165, 1.54) is 0 Å². The second kappa shape index (κ2) is 10.8. The van der Waals surface area contributed by atoms with Gasteiger partial charge in [0.1, 0.15) is 0 Å². The second-order valence-corrected chi connectivity index (χ2v) is 7.85. The van der Waals surface area contributed by atoms with Crippen molar-refractivity contribution in [1.29, 1.82) is 0 Å². The number of hydrogen-bond donors (Lipinski definition) is 2. The first-order valence-electron chi connectivity index (χ1n) is 10.1. The Bertz CT molecular complexity index is 656. The number of nitrogens with one attached hydrogen (secondary N) is 2. The van der Waals surface area contributed by atoms with Crippen molar-refractivity contribution in [2.24, 2.45) is 5.92 Å². The number of likely N-dealkylation sites (tertiary alicyclic amines) is 1. The van der Waals surface area contributed by atoms with Crippen molar-refractivity contribution < 1.29 is 9.59 Å².